The summed E-state index contributed by atoms with van der Waals surface area (Å²) in [6, 6.07) is 13.7. The third kappa shape index (κ3) is 6.79. The third-order valence-corrected chi connectivity index (χ3v) is 4.52. The normalized spacial score (nSPS) is 14.7. The van der Waals surface area contributed by atoms with Gasteiger partial charge in [0, 0.05) is 16.5 Å². The molecule has 0 radical (unpaired) electrons. The molecule has 0 N–H and O–H groups in total. The van der Waals surface area contributed by atoms with Crippen LogP contribution in [0.4, 0.5) is 0 Å². The van der Waals surface area contributed by atoms with E-state index in [0.29, 0.717) is 12.4 Å². The van der Waals surface area contributed by atoms with E-state index in [1.54, 1.807) is 6.26 Å². The second-order valence-electron chi connectivity index (χ2n) is 7.86. The Morgan fingerprint density at radius 3 is 2.72 bits per heavy atom. The Kier molecular flexibility index (Phi) is 6.80. The van der Waals surface area contributed by atoms with Crippen molar-refractivity contribution in [3.05, 3.63) is 81.7 Å². The molecule has 0 saturated carbocycles. The Morgan fingerprint density at radius 1 is 1.21 bits per heavy atom. The van der Waals surface area contributed by atoms with Crippen LogP contribution in [0.1, 0.15) is 43.9 Å². The molecule has 3 rings (SSSR count). The van der Waals surface area contributed by atoms with Gasteiger partial charge in [0.2, 0.25) is 0 Å². The summed E-state index contributed by atoms with van der Waals surface area (Å²) in [7, 11) is 0. The third-order valence-electron chi connectivity index (χ3n) is 4.06. The Labute approximate surface area is 180 Å². The molecule has 0 aromatic heterocycles. The summed E-state index contributed by atoms with van der Waals surface area (Å²) in [5, 5.41) is 0. The zero-order valence-electron chi connectivity index (χ0n) is 16.9. The highest BCUT2D eigenvalue weighted by molar-refractivity contribution is 9.10. The topological polar surface area (TPSA) is 44.8 Å². The van der Waals surface area contributed by atoms with E-state index in [-0.39, 0.29) is 12.4 Å². The summed E-state index contributed by atoms with van der Waals surface area (Å²) >= 11 is 3.56. The van der Waals surface area contributed by atoms with Crippen LogP contribution in [0, 0.1) is 0 Å². The molecule has 0 unspecified atom stereocenters. The largest absolute Gasteiger partial charge is 0.489 e. The number of carbonyl (C=O) groups excluding carboxylic acids is 1. The van der Waals surface area contributed by atoms with Gasteiger partial charge in [-0.2, -0.15) is 0 Å². The molecular weight excluding hydrogens is 432 g/mol. The van der Waals surface area contributed by atoms with Crippen LogP contribution in [-0.4, -0.2) is 11.6 Å². The van der Waals surface area contributed by atoms with Crippen molar-refractivity contribution >= 4 is 28.0 Å². The molecule has 2 aromatic rings. The van der Waals surface area contributed by atoms with Crippen LogP contribution in [-0.2, 0) is 27.3 Å². The first-order chi connectivity index (χ1) is 13.8. The van der Waals surface area contributed by atoms with Crippen LogP contribution in [0.25, 0.3) is 6.08 Å². The maximum atomic E-state index is 12.2. The highest BCUT2D eigenvalue weighted by Crippen LogP contribution is 2.25. The van der Waals surface area contributed by atoms with E-state index in [1.165, 1.54) is 0 Å². The fraction of sp³-hybridized carbons (Fsp3) is 0.292. The average Bonchev–Trinajstić information content (AvgIpc) is 3.12. The van der Waals surface area contributed by atoms with Gasteiger partial charge in [-0.05, 0) is 68.3 Å². The Hall–Kier alpha value is -2.53. The van der Waals surface area contributed by atoms with Crippen LogP contribution < -0.4 is 4.74 Å². The number of allylic oxidation sites excluding steroid dienone is 1. The molecule has 4 nitrogen and oxygen atoms in total. The maximum absolute atomic E-state index is 12.2. The van der Waals surface area contributed by atoms with E-state index in [4.69, 9.17) is 14.2 Å². The molecule has 5 heteroatoms. The molecule has 1 heterocycles. The molecule has 1 aliphatic rings. The fourth-order valence-corrected chi connectivity index (χ4v) is 3.51. The summed E-state index contributed by atoms with van der Waals surface area (Å²) in [6.07, 6.45) is 6.68. The number of hydrogen-bond acceptors (Lipinski definition) is 4. The van der Waals surface area contributed by atoms with Gasteiger partial charge in [0.15, 0.2) is 0 Å². The average molecular weight is 457 g/mol. The molecule has 0 aliphatic carbocycles. The summed E-state index contributed by atoms with van der Waals surface area (Å²) in [5.74, 6) is 1.33. The van der Waals surface area contributed by atoms with E-state index in [2.05, 4.69) is 22.0 Å². The molecule has 0 saturated heterocycles. The van der Waals surface area contributed by atoms with Crippen LogP contribution in [0.2, 0.25) is 0 Å². The molecule has 0 spiro atoms. The van der Waals surface area contributed by atoms with E-state index in [0.717, 1.165) is 33.3 Å². The maximum Gasteiger partial charge on any atom is 0.310 e. The van der Waals surface area contributed by atoms with Crippen molar-refractivity contribution in [2.45, 2.75) is 45.8 Å². The minimum absolute atomic E-state index is 0.174. The summed E-state index contributed by atoms with van der Waals surface area (Å²) < 4.78 is 17.9. The Balaban J connectivity index is 1.69. The standard InChI is InChI=1S/C24H25BrO4/c1-24(2,3)29-23(26)15-19-7-4-5-9-22(19)28-16-18-11-17(12-20(25)13-18)14-21-8-6-10-27-21/h4-7,9-14H,8,15-16H2,1-3H3. The van der Waals surface area contributed by atoms with Gasteiger partial charge in [-0.1, -0.05) is 34.1 Å². The van der Waals surface area contributed by atoms with E-state index >= 15 is 0 Å². The van der Waals surface area contributed by atoms with Crippen molar-refractivity contribution in [1.82, 2.24) is 0 Å². The lowest BCUT2D eigenvalue weighted by Gasteiger charge is -2.20. The molecule has 0 bridgehead atoms. The van der Waals surface area contributed by atoms with Crippen molar-refractivity contribution in [3.63, 3.8) is 0 Å². The second-order valence-corrected chi connectivity index (χ2v) is 8.77. The number of ether oxygens (including phenoxy) is 3. The van der Waals surface area contributed by atoms with Gasteiger partial charge >= 0.3 is 5.97 Å². The van der Waals surface area contributed by atoms with E-state index < -0.39 is 5.60 Å². The summed E-state index contributed by atoms with van der Waals surface area (Å²) in [5.41, 5.74) is 2.36. The predicted molar refractivity (Wildman–Crippen MR) is 117 cm³/mol. The number of rotatable bonds is 6. The van der Waals surface area contributed by atoms with Gasteiger partial charge in [-0.15, -0.1) is 0 Å². The number of hydrogen-bond donors (Lipinski definition) is 0. The highest BCUT2D eigenvalue weighted by atomic mass is 79.9. The lowest BCUT2D eigenvalue weighted by molar-refractivity contribution is -0.153. The van der Waals surface area contributed by atoms with E-state index in [9.17, 15) is 4.79 Å². The van der Waals surface area contributed by atoms with Gasteiger partial charge < -0.3 is 14.2 Å². The van der Waals surface area contributed by atoms with Crippen molar-refractivity contribution in [3.8, 4) is 5.75 Å². The zero-order valence-corrected chi connectivity index (χ0v) is 18.5. The monoisotopic (exact) mass is 456 g/mol. The van der Waals surface area contributed by atoms with E-state index in [1.807, 2.05) is 69.3 Å². The Morgan fingerprint density at radius 2 is 2.00 bits per heavy atom. The van der Waals surface area contributed by atoms with Crippen molar-refractivity contribution in [1.29, 1.82) is 0 Å². The first kappa shape index (κ1) is 21.2. The molecule has 0 fully saturated rings. The SMILES string of the molecule is CC(C)(C)OC(=O)Cc1ccccc1OCc1cc(Br)cc(C=C2CC=CO2)c1. The lowest BCUT2D eigenvalue weighted by Crippen LogP contribution is -2.25. The smallest absolute Gasteiger partial charge is 0.310 e. The van der Waals surface area contributed by atoms with Crippen LogP contribution in [0.3, 0.4) is 0 Å². The summed E-state index contributed by atoms with van der Waals surface area (Å²) in [6.45, 7) is 5.97. The van der Waals surface area contributed by atoms with Gasteiger partial charge in [-0.25, -0.2) is 0 Å². The molecule has 29 heavy (non-hydrogen) atoms. The molecule has 0 amide bonds. The first-order valence-corrected chi connectivity index (χ1v) is 10.3. The molecule has 1 aliphatic heterocycles. The van der Waals surface area contributed by atoms with Gasteiger partial charge in [0.1, 0.15) is 23.7 Å². The van der Waals surface area contributed by atoms with Crippen molar-refractivity contribution < 1.29 is 19.0 Å². The minimum atomic E-state index is -0.507. The zero-order chi connectivity index (χ0) is 20.9. The summed E-state index contributed by atoms with van der Waals surface area (Å²) in [4.78, 5) is 12.2. The predicted octanol–water partition coefficient (Wildman–Crippen LogP) is 6.19. The number of carbonyl (C=O) groups is 1. The van der Waals surface area contributed by atoms with Crippen LogP contribution in [0.15, 0.2) is 65.0 Å². The van der Waals surface area contributed by atoms with Crippen LogP contribution >= 0.6 is 15.9 Å². The van der Waals surface area contributed by atoms with Crippen LogP contribution in [0.5, 0.6) is 5.75 Å². The van der Waals surface area contributed by atoms with Gasteiger partial charge in [0.05, 0.1) is 12.7 Å². The second kappa shape index (κ2) is 9.31. The first-order valence-electron chi connectivity index (χ1n) is 9.53. The molecule has 0 atom stereocenters. The van der Waals surface area contributed by atoms with Crippen molar-refractivity contribution in [2.24, 2.45) is 0 Å². The molecular formula is C24H25BrO4. The number of esters is 1. The van der Waals surface area contributed by atoms with Gasteiger partial charge in [0.25, 0.3) is 0 Å². The number of halogens is 1. The van der Waals surface area contributed by atoms with Crippen molar-refractivity contribution in [2.75, 3.05) is 0 Å². The quantitative estimate of drug-likeness (QED) is 0.486. The molecule has 152 valence electrons. The minimum Gasteiger partial charge on any atom is -0.489 e. The Bertz CT molecular complexity index is 928. The highest BCUT2D eigenvalue weighted by Gasteiger charge is 2.18. The molecule has 2 aromatic carbocycles. The van der Waals surface area contributed by atoms with Gasteiger partial charge in [-0.3, -0.25) is 4.79 Å². The lowest BCUT2D eigenvalue weighted by atomic mass is 10.1. The fourth-order valence-electron chi connectivity index (χ4n) is 2.95. The number of benzene rings is 2. The number of para-hydroxylation sites is 1.